The fourth-order valence-corrected chi connectivity index (χ4v) is 3.38. The molecule has 146 valence electrons. The van der Waals surface area contributed by atoms with Crippen LogP contribution in [-0.4, -0.2) is 26.9 Å². The lowest BCUT2D eigenvalue weighted by atomic mass is 10.1. The molecule has 0 fully saturated rings. The monoisotopic (exact) mass is 424 g/mol. The first-order valence-corrected chi connectivity index (χ1v) is 10.4. The van der Waals surface area contributed by atoms with Gasteiger partial charge in [-0.3, -0.25) is 0 Å². The van der Waals surface area contributed by atoms with Crippen molar-refractivity contribution in [3.05, 3.63) is 71.6 Å². The number of ether oxygens (including phenoxy) is 1. The van der Waals surface area contributed by atoms with Crippen molar-refractivity contribution >= 4 is 23.4 Å². The Hall–Kier alpha value is -2.90. The van der Waals surface area contributed by atoms with Gasteiger partial charge in [0.15, 0.2) is 0 Å². The van der Waals surface area contributed by atoms with E-state index < -0.39 is 0 Å². The summed E-state index contributed by atoms with van der Waals surface area (Å²) in [6, 6.07) is 19.0. The molecule has 0 N–H and O–H groups in total. The highest BCUT2D eigenvalue weighted by atomic mass is 35.5. The molecule has 0 spiro atoms. The molecule has 0 aliphatic carbocycles. The van der Waals surface area contributed by atoms with Crippen molar-refractivity contribution in [3.63, 3.8) is 0 Å². The smallest absolute Gasteiger partial charge is 0.237 e. The molecule has 0 saturated carbocycles. The topological polar surface area (TPSA) is 73.9 Å². The van der Waals surface area contributed by atoms with Gasteiger partial charge in [-0.25, -0.2) is 0 Å². The lowest BCUT2D eigenvalue weighted by Crippen LogP contribution is -1.92. The highest BCUT2D eigenvalue weighted by molar-refractivity contribution is 7.98. The van der Waals surface area contributed by atoms with Crippen LogP contribution in [0.25, 0.3) is 22.6 Å². The number of benzene rings is 2. The number of rotatable bonds is 7. The second kappa shape index (κ2) is 9.07. The molecule has 0 amide bonds. The van der Waals surface area contributed by atoms with Crippen LogP contribution in [0.1, 0.15) is 12.8 Å². The molecule has 0 bridgehead atoms. The SMILES string of the molecule is CCOc1ccc(-c2ccc(SCc3nc(-c4ccc(Cl)cc4)no3)nn2)cc1. The highest BCUT2D eigenvalue weighted by Gasteiger charge is 2.10. The van der Waals surface area contributed by atoms with Crippen LogP contribution in [0.2, 0.25) is 5.02 Å². The van der Waals surface area contributed by atoms with Gasteiger partial charge in [-0.1, -0.05) is 28.5 Å². The maximum atomic E-state index is 5.91. The molecular weight excluding hydrogens is 408 g/mol. The minimum absolute atomic E-state index is 0.512. The van der Waals surface area contributed by atoms with E-state index in [1.165, 1.54) is 11.8 Å². The van der Waals surface area contributed by atoms with Crippen LogP contribution in [0.5, 0.6) is 5.75 Å². The quantitative estimate of drug-likeness (QED) is 0.360. The van der Waals surface area contributed by atoms with Gasteiger partial charge in [0.2, 0.25) is 11.7 Å². The third-order valence-electron chi connectivity index (χ3n) is 4.02. The van der Waals surface area contributed by atoms with Gasteiger partial charge in [-0.2, -0.15) is 4.98 Å². The van der Waals surface area contributed by atoms with Crippen molar-refractivity contribution in [2.24, 2.45) is 0 Å². The van der Waals surface area contributed by atoms with Gasteiger partial charge in [0.05, 0.1) is 18.1 Å². The molecular formula is C21H17ClN4O2S. The minimum atomic E-state index is 0.512. The molecule has 0 atom stereocenters. The Kier molecular flexibility index (Phi) is 6.07. The fraction of sp³-hybridized carbons (Fsp3) is 0.143. The average Bonchev–Trinajstić information content (AvgIpc) is 3.23. The Morgan fingerprint density at radius 3 is 2.38 bits per heavy atom. The average molecular weight is 425 g/mol. The number of nitrogens with zero attached hydrogens (tertiary/aromatic N) is 4. The largest absolute Gasteiger partial charge is 0.494 e. The molecule has 29 heavy (non-hydrogen) atoms. The Morgan fingerprint density at radius 1 is 0.931 bits per heavy atom. The van der Waals surface area contributed by atoms with Crippen LogP contribution in [0.4, 0.5) is 0 Å². The molecule has 6 nitrogen and oxygen atoms in total. The summed E-state index contributed by atoms with van der Waals surface area (Å²) in [4.78, 5) is 4.41. The van der Waals surface area contributed by atoms with Crippen molar-refractivity contribution in [1.29, 1.82) is 0 Å². The van der Waals surface area contributed by atoms with Gasteiger partial charge < -0.3 is 9.26 Å². The van der Waals surface area contributed by atoms with Gasteiger partial charge in [0, 0.05) is 16.1 Å². The zero-order chi connectivity index (χ0) is 20.1. The summed E-state index contributed by atoms with van der Waals surface area (Å²) < 4.78 is 10.8. The van der Waals surface area contributed by atoms with Crippen molar-refractivity contribution in [2.75, 3.05) is 6.61 Å². The predicted octanol–water partition coefficient (Wildman–Crippen LogP) is 5.54. The molecule has 0 saturated heterocycles. The minimum Gasteiger partial charge on any atom is -0.494 e. The first-order chi connectivity index (χ1) is 14.2. The summed E-state index contributed by atoms with van der Waals surface area (Å²) in [6.45, 7) is 2.61. The normalized spacial score (nSPS) is 10.8. The fourth-order valence-electron chi connectivity index (χ4n) is 2.60. The standard InChI is InChI=1S/C21H17ClN4O2S/c1-2-27-17-9-5-14(6-10-17)18-11-12-20(25-24-18)29-13-19-23-21(26-28-19)15-3-7-16(22)8-4-15/h3-12H,2,13H2,1H3. The van der Waals surface area contributed by atoms with E-state index >= 15 is 0 Å². The van der Waals surface area contributed by atoms with Crippen molar-refractivity contribution in [1.82, 2.24) is 20.3 Å². The summed E-state index contributed by atoms with van der Waals surface area (Å²) in [7, 11) is 0. The third kappa shape index (κ3) is 4.93. The van der Waals surface area contributed by atoms with Crippen LogP contribution in [0.15, 0.2) is 70.2 Å². The maximum Gasteiger partial charge on any atom is 0.237 e. The number of aromatic nitrogens is 4. The van der Waals surface area contributed by atoms with E-state index in [9.17, 15) is 0 Å². The van der Waals surface area contributed by atoms with Crippen LogP contribution in [0.3, 0.4) is 0 Å². The Balaban J connectivity index is 1.37. The first-order valence-electron chi connectivity index (χ1n) is 8.99. The van der Waals surface area contributed by atoms with Gasteiger partial charge in [0.25, 0.3) is 0 Å². The number of thioether (sulfide) groups is 1. The molecule has 0 unspecified atom stereocenters. The Bertz CT molecular complexity index is 1070. The van der Waals surface area contributed by atoms with E-state index in [0.717, 1.165) is 27.6 Å². The third-order valence-corrected chi connectivity index (χ3v) is 5.17. The predicted molar refractivity (Wildman–Crippen MR) is 113 cm³/mol. The van der Waals surface area contributed by atoms with Gasteiger partial charge in [-0.15, -0.1) is 10.2 Å². The molecule has 2 aromatic carbocycles. The molecule has 2 heterocycles. The van der Waals surface area contributed by atoms with Crippen LogP contribution >= 0.6 is 23.4 Å². The zero-order valence-corrected chi connectivity index (χ0v) is 17.2. The van der Waals surface area contributed by atoms with E-state index in [1.807, 2.05) is 55.5 Å². The first kappa shape index (κ1) is 19.4. The van der Waals surface area contributed by atoms with Crippen molar-refractivity contribution in [2.45, 2.75) is 17.7 Å². The van der Waals surface area contributed by atoms with E-state index in [0.29, 0.717) is 29.1 Å². The molecule has 4 rings (SSSR count). The Labute approximate surface area is 177 Å². The second-order valence-corrected chi connectivity index (χ2v) is 7.45. The lowest BCUT2D eigenvalue weighted by Gasteiger charge is -2.04. The molecule has 4 aromatic rings. The van der Waals surface area contributed by atoms with Gasteiger partial charge in [-0.05, 0) is 67.6 Å². The Morgan fingerprint density at radius 2 is 1.69 bits per heavy atom. The number of halogens is 1. The highest BCUT2D eigenvalue weighted by Crippen LogP contribution is 2.25. The molecule has 0 aliphatic rings. The summed E-state index contributed by atoms with van der Waals surface area (Å²) in [5.74, 6) is 2.41. The number of hydrogen-bond donors (Lipinski definition) is 0. The summed E-state index contributed by atoms with van der Waals surface area (Å²) in [5.41, 5.74) is 2.65. The molecule has 8 heteroatoms. The van der Waals surface area contributed by atoms with E-state index in [2.05, 4.69) is 20.3 Å². The second-order valence-electron chi connectivity index (χ2n) is 6.02. The summed E-state index contributed by atoms with van der Waals surface area (Å²) in [5, 5.41) is 14.1. The summed E-state index contributed by atoms with van der Waals surface area (Å²) >= 11 is 7.39. The van der Waals surface area contributed by atoms with Crippen molar-refractivity contribution in [3.8, 4) is 28.4 Å². The summed E-state index contributed by atoms with van der Waals surface area (Å²) in [6.07, 6.45) is 0. The molecule has 2 aromatic heterocycles. The lowest BCUT2D eigenvalue weighted by molar-refractivity contribution is 0.340. The van der Waals surface area contributed by atoms with Crippen molar-refractivity contribution < 1.29 is 9.26 Å². The molecule has 0 aliphatic heterocycles. The van der Waals surface area contributed by atoms with Crippen LogP contribution in [-0.2, 0) is 5.75 Å². The van der Waals surface area contributed by atoms with E-state index in [-0.39, 0.29) is 0 Å². The van der Waals surface area contributed by atoms with Gasteiger partial charge >= 0.3 is 0 Å². The maximum absolute atomic E-state index is 5.91. The van der Waals surface area contributed by atoms with Crippen LogP contribution < -0.4 is 4.74 Å². The van der Waals surface area contributed by atoms with Crippen LogP contribution in [0, 0.1) is 0 Å². The number of hydrogen-bond acceptors (Lipinski definition) is 7. The van der Waals surface area contributed by atoms with E-state index in [4.69, 9.17) is 20.9 Å². The molecule has 0 radical (unpaired) electrons. The van der Waals surface area contributed by atoms with Gasteiger partial charge in [0.1, 0.15) is 10.8 Å². The zero-order valence-electron chi connectivity index (χ0n) is 15.6. The van der Waals surface area contributed by atoms with E-state index in [1.54, 1.807) is 12.1 Å².